The highest BCUT2D eigenvalue weighted by molar-refractivity contribution is 5.69. The zero-order valence-corrected chi connectivity index (χ0v) is 14.6. The number of ether oxygens (including phenoxy) is 1. The monoisotopic (exact) mass is 326 g/mol. The van der Waals surface area contributed by atoms with Gasteiger partial charge in [-0.25, -0.2) is 0 Å². The Morgan fingerprint density at radius 2 is 2.33 bits per heavy atom. The smallest absolute Gasteiger partial charge is 0.308 e. The minimum atomic E-state index is -0.259. The van der Waals surface area contributed by atoms with Crippen molar-refractivity contribution in [1.82, 2.24) is 5.32 Å². The average Bonchev–Trinajstić information content (AvgIpc) is 2.76. The Kier molecular flexibility index (Phi) is 5.30. The number of nitrogens with one attached hydrogen (secondary N) is 1. The van der Waals surface area contributed by atoms with Gasteiger partial charge in [0.1, 0.15) is 24.6 Å². The molecule has 1 saturated heterocycles. The van der Waals surface area contributed by atoms with Crippen LogP contribution >= 0.6 is 0 Å². The van der Waals surface area contributed by atoms with Gasteiger partial charge in [0, 0.05) is 18.4 Å². The molecule has 0 bridgehead atoms. The molecule has 0 unspecified atom stereocenters. The maximum atomic E-state index is 11.3. The number of rotatable bonds is 4. The van der Waals surface area contributed by atoms with Crippen LogP contribution in [0.4, 0.5) is 0 Å². The quantitative estimate of drug-likeness (QED) is 0.387. The molecule has 1 aliphatic heterocycles. The van der Waals surface area contributed by atoms with Crippen LogP contribution in [-0.2, 0) is 10.2 Å². The third kappa shape index (κ3) is 3.51. The van der Waals surface area contributed by atoms with Gasteiger partial charge < -0.3 is 4.74 Å². The lowest BCUT2D eigenvalue weighted by atomic mass is 9.64. The highest BCUT2D eigenvalue weighted by atomic mass is 16.5. The molecule has 0 spiro atoms. The number of hydrogen-bond donors (Lipinski definition) is 1. The first-order valence-corrected chi connectivity index (χ1v) is 9.11. The molecule has 0 amide bonds. The second-order valence-corrected chi connectivity index (χ2v) is 7.20. The van der Waals surface area contributed by atoms with E-state index in [1.165, 1.54) is 38.2 Å². The largest absolute Gasteiger partial charge is 0.427 e. The first kappa shape index (κ1) is 17.1. The first-order chi connectivity index (χ1) is 11.6. The van der Waals surface area contributed by atoms with E-state index in [2.05, 4.69) is 24.0 Å². The van der Waals surface area contributed by atoms with Crippen LogP contribution in [0.25, 0.3) is 0 Å². The normalized spacial score (nSPS) is 27.0. The van der Waals surface area contributed by atoms with Gasteiger partial charge in [-0.05, 0) is 43.0 Å². The minimum Gasteiger partial charge on any atom is -0.427 e. The van der Waals surface area contributed by atoms with Crippen LogP contribution in [0, 0.1) is 5.92 Å². The zero-order valence-electron chi connectivity index (χ0n) is 14.6. The number of fused-ring (bicyclic) bond motifs is 1. The van der Waals surface area contributed by atoms with Crippen LogP contribution in [0.2, 0.25) is 0 Å². The molecule has 2 aliphatic rings. The fourth-order valence-corrected chi connectivity index (χ4v) is 4.50. The van der Waals surface area contributed by atoms with Crippen molar-refractivity contribution in [1.29, 1.82) is 0 Å². The summed E-state index contributed by atoms with van der Waals surface area (Å²) in [5, 5.41) is 3.83. The third-order valence-corrected chi connectivity index (χ3v) is 5.66. The molecule has 3 heteroatoms. The van der Waals surface area contributed by atoms with E-state index >= 15 is 0 Å². The number of allylic oxidation sites excluding steroid dienone is 1. The van der Waals surface area contributed by atoms with Crippen LogP contribution in [0.5, 0.6) is 5.75 Å². The second kappa shape index (κ2) is 7.43. The van der Waals surface area contributed by atoms with Crippen molar-refractivity contribution < 1.29 is 9.53 Å². The van der Waals surface area contributed by atoms with Crippen LogP contribution in [-0.4, -0.2) is 18.6 Å². The highest BCUT2D eigenvalue weighted by Crippen LogP contribution is 2.46. The van der Waals surface area contributed by atoms with Crippen molar-refractivity contribution >= 4 is 5.97 Å². The summed E-state index contributed by atoms with van der Waals surface area (Å²) in [5.74, 6) is 1.96. The number of hydrogen-bond acceptors (Lipinski definition) is 3. The Bertz CT molecular complexity index is 597. The standard InChI is InChI=1S/C21H28NO2/c1-3-7-17-11-13-21(12-5-4-10-20(21)22-15-17)18-8-6-9-19(14-18)24-16(2)23/h3,6,8-9,14,20,22H,1,4-5,7,10-13,15H2,2H3/q+1/t20-,21+/m1/s1. The summed E-state index contributed by atoms with van der Waals surface area (Å²) >= 11 is 0. The van der Waals surface area contributed by atoms with Crippen LogP contribution in [0.3, 0.4) is 0 Å². The lowest BCUT2D eigenvalue weighted by molar-refractivity contribution is -0.131. The number of carbonyl (C=O) groups excluding carboxylic acids is 1. The van der Waals surface area contributed by atoms with Crippen molar-refractivity contribution in [2.24, 2.45) is 0 Å². The van der Waals surface area contributed by atoms with Gasteiger partial charge in [0.25, 0.3) is 0 Å². The summed E-state index contributed by atoms with van der Waals surface area (Å²) in [6, 6.07) is 8.69. The zero-order chi connectivity index (χ0) is 17.0. The van der Waals surface area contributed by atoms with E-state index in [0.717, 1.165) is 25.8 Å². The van der Waals surface area contributed by atoms with Gasteiger partial charge in [0.2, 0.25) is 0 Å². The van der Waals surface area contributed by atoms with Crippen molar-refractivity contribution in [3.63, 3.8) is 0 Å². The van der Waals surface area contributed by atoms with E-state index in [1.54, 1.807) is 5.92 Å². The van der Waals surface area contributed by atoms with Gasteiger partial charge in [-0.3, -0.25) is 10.1 Å². The third-order valence-electron chi connectivity index (χ3n) is 5.66. The fraction of sp³-hybridized carbons (Fsp3) is 0.524. The predicted molar refractivity (Wildman–Crippen MR) is 97.0 cm³/mol. The lowest BCUT2D eigenvalue weighted by Gasteiger charge is -2.43. The minimum absolute atomic E-state index is 0.150. The molecular weight excluding hydrogens is 298 g/mol. The van der Waals surface area contributed by atoms with Crippen molar-refractivity contribution in [3.05, 3.63) is 48.4 Å². The molecule has 0 radical (unpaired) electrons. The summed E-state index contributed by atoms with van der Waals surface area (Å²) in [7, 11) is 0. The summed E-state index contributed by atoms with van der Waals surface area (Å²) in [5.41, 5.74) is 1.47. The molecular formula is C21H28NO2+. The second-order valence-electron chi connectivity index (χ2n) is 7.20. The molecule has 128 valence electrons. The Balaban J connectivity index is 1.91. The molecule has 1 aromatic carbocycles. The molecule has 3 rings (SSSR count). The van der Waals surface area contributed by atoms with E-state index < -0.39 is 0 Å². The lowest BCUT2D eigenvalue weighted by Crippen LogP contribution is -2.49. The SMILES string of the molecule is C=CC[C+]1CC[C@]2(c3cccc(OC(C)=O)c3)CCCC[C@H]2NC1. The molecule has 1 aromatic rings. The average molecular weight is 326 g/mol. The number of esters is 1. The van der Waals surface area contributed by atoms with Gasteiger partial charge in [0.05, 0.1) is 6.42 Å². The fourth-order valence-electron chi connectivity index (χ4n) is 4.50. The van der Waals surface area contributed by atoms with Crippen molar-refractivity contribution in [2.45, 2.75) is 63.3 Å². The van der Waals surface area contributed by atoms with Gasteiger partial charge in [-0.2, -0.15) is 0 Å². The number of benzene rings is 1. The molecule has 1 N–H and O–H groups in total. The van der Waals surface area contributed by atoms with Crippen LogP contribution in [0.1, 0.15) is 57.4 Å². The first-order valence-electron chi connectivity index (χ1n) is 9.11. The molecule has 0 aromatic heterocycles. The molecule has 2 atom stereocenters. The van der Waals surface area contributed by atoms with Crippen LogP contribution in [0.15, 0.2) is 36.9 Å². The van der Waals surface area contributed by atoms with Crippen molar-refractivity contribution in [2.75, 3.05) is 6.54 Å². The molecule has 1 aliphatic carbocycles. The van der Waals surface area contributed by atoms with E-state index in [-0.39, 0.29) is 11.4 Å². The molecule has 24 heavy (non-hydrogen) atoms. The molecule has 1 saturated carbocycles. The summed E-state index contributed by atoms with van der Waals surface area (Å²) in [6.45, 7) is 6.35. The van der Waals surface area contributed by atoms with E-state index in [0.29, 0.717) is 11.8 Å². The van der Waals surface area contributed by atoms with Crippen LogP contribution < -0.4 is 10.1 Å². The molecule has 2 fully saturated rings. The van der Waals surface area contributed by atoms with Gasteiger partial charge >= 0.3 is 5.97 Å². The molecule has 1 heterocycles. The predicted octanol–water partition coefficient (Wildman–Crippen LogP) is 4.33. The van der Waals surface area contributed by atoms with Gasteiger partial charge in [-0.15, -0.1) is 0 Å². The number of carbonyl (C=O) groups is 1. The Morgan fingerprint density at radius 1 is 1.46 bits per heavy atom. The summed E-state index contributed by atoms with van der Waals surface area (Å²) < 4.78 is 5.34. The Morgan fingerprint density at radius 3 is 3.12 bits per heavy atom. The van der Waals surface area contributed by atoms with E-state index in [9.17, 15) is 4.79 Å². The Hall–Kier alpha value is -1.74. The molecule has 3 nitrogen and oxygen atoms in total. The maximum Gasteiger partial charge on any atom is 0.308 e. The van der Waals surface area contributed by atoms with Gasteiger partial charge in [0.15, 0.2) is 0 Å². The Labute approximate surface area is 145 Å². The topological polar surface area (TPSA) is 38.3 Å². The maximum absolute atomic E-state index is 11.3. The van der Waals surface area contributed by atoms with Crippen molar-refractivity contribution in [3.8, 4) is 5.75 Å². The van der Waals surface area contributed by atoms with Gasteiger partial charge in [-0.1, -0.05) is 31.6 Å². The van der Waals surface area contributed by atoms with E-state index in [4.69, 9.17) is 4.74 Å². The highest BCUT2D eigenvalue weighted by Gasteiger charge is 2.46. The van der Waals surface area contributed by atoms with E-state index in [1.807, 2.05) is 18.2 Å². The summed E-state index contributed by atoms with van der Waals surface area (Å²) in [4.78, 5) is 11.3. The summed E-state index contributed by atoms with van der Waals surface area (Å²) in [6.07, 6.45) is 10.3.